The summed E-state index contributed by atoms with van der Waals surface area (Å²) in [6, 6.07) is 6.12. The first kappa shape index (κ1) is 19.8. The summed E-state index contributed by atoms with van der Waals surface area (Å²) in [4.78, 5) is 25.0. The highest BCUT2D eigenvalue weighted by Crippen LogP contribution is 1.99. The minimum Gasteiger partial charge on any atom is -0.443 e. The molecule has 6 nitrogen and oxygen atoms in total. The van der Waals surface area contributed by atoms with E-state index in [0.29, 0.717) is 26.2 Å². The Morgan fingerprint density at radius 2 is 2.12 bits per heavy atom. The molecular formula is C18H28N3O3+. The van der Waals surface area contributed by atoms with E-state index in [2.05, 4.69) is 27.9 Å². The summed E-state index contributed by atoms with van der Waals surface area (Å²) in [7, 11) is 0. The molecule has 1 aromatic heterocycles. The maximum Gasteiger partial charge on any atom is 0.407 e. The molecular weight excluding hydrogens is 306 g/mol. The first-order valence-corrected chi connectivity index (χ1v) is 8.69. The number of carbonyl (C=O) groups is 1. The third-order valence-electron chi connectivity index (χ3n) is 3.64. The van der Waals surface area contributed by atoms with Crippen LogP contribution in [0.4, 0.5) is 4.79 Å². The Kier molecular flexibility index (Phi) is 11.0. The fraction of sp³-hybridized carbons (Fsp3) is 0.611. The highest BCUT2D eigenvalue weighted by Gasteiger charge is 2.09. The quantitative estimate of drug-likeness (QED) is 0.276. The van der Waals surface area contributed by atoms with Crippen LogP contribution in [0.25, 0.3) is 0 Å². The van der Waals surface area contributed by atoms with Crippen molar-refractivity contribution in [2.75, 3.05) is 19.7 Å². The largest absolute Gasteiger partial charge is 0.443 e. The van der Waals surface area contributed by atoms with E-state index >= 15 is 0 Å². The molecule has 6 heteroatoms. The Hall–Kier alpha value is -2.20. The minimum atomic E-state index is -0.367. The highest BCUT2D eigenvalue weighted by atomic mass is 16.5. The SMILES string of the molecule is CCCc1cccc[n+]1CCOC(=O)NCCCCCCN=C=O. The number of isocyanates is 1. The number of pyridine rings is 1. The molecule has 0 spiro atoms. The van der Waals surface area contributed by atoms with Crippen LogP contribution >= 0.6 is 0 Å². The van der Waals surface area contributed by atoms with Crippen LogP contribution in [-0.4, -0.2) is 31.9 Å². The molecule has 0 unspecified atom stereocenters. The second-order valence-electron chi connectivity index (χ2n) is 5.59. The molecule has 1 rings (SSSR count). The number of ether oxygens (including phenoxy) is 1. The third-order valence-corrected chi connectivity index (χ3v) is 3.64. The molecule has 1 heterocycles. The molecule has 0 aliphatic rings. The number of nitrogens with zero attached hydrogens (tertiary/aromatic N) is 2. The van der Waals surface area contributed by atoms with Crippen LogP contribution < -0.4 is 9.88 Å². The summed E-state index contributed by atoms with van der Waals surface area (Å²) >= 11 is 0. The lowest BCUT2D eigenvalue weighted by Gasteiger charge is -2.07. The summed E-state index contributed by atoms with van der Waals surface area (Å²) in [5.41, 5.74) is 1.25. The molecule has 1 N–H and O–H groups in total. The van der Waals surface area contributed by atoms with Gasteiger partial charge < -0.3 is 10.1 Å². The van der Waals surface area contributed by atoms with Gasteiger partial charge in [0.1, 0.15) is 0 Å². The van der Waals surface area contributed by atoms with Crippen molar-refractivity contribution in [1.82, 2.24) is 5.32 Å². The van der Waals surface area contributed by atoms with Crippen LogP contribution in [0, 0.1) is 0 Å². The van der Waals surface area contributed by atoms with Gasteiger partial charge in [-0.05, 0) is 19.3 Å². The van der Waals surface area contributed by atoms with Gasteiger partial charge in [0.05, 0.1) is 6.54 Å². The summed E-state index contributed by atoms with van der Waals surface area (Å²) in [5.74, 6) is 0. The molecule has 0 fully saturated rings. The van der Waals surface area contributed by atoms with Crippen molar-refractivity contribution in [3.05, 3.63) is 30.1 Å². The van der Waals surface area contributed by atoms with E-state index in [9.17, 15) is 9.59 Å². The van der Waals surface area contributed by atoms with Gasteiger partial charge in [0.25, 0.3) is 0 Å². The van der Waals surface area contributed by atoms with Gasteiger partial charge in [0, 0.05) is 25.1 Å². The van der Waals surface area contributed by atoms with Crippen molar-refractivity contribution in [1.29, 1.82) is 0 Å². The zero-order valence-electron chi connectivity index (χ0n) is 14.5. The first-order valence-electron chi connectivity index (χ1n) is 8.69. The molecule has 1 amide bonds. The van der Waals surface area contributed by atoms with Crippen LogP contribution in [0.5, 0.6) is 0 Å². The van der Waals surface area contributed by atoms with Crippen molar-refractivity contribution in [3.8, 4) is 0 Å². The number of aromatic nitrogens is 1. The second kappa shape index (κ2) is 13.3. The molecule has 0 aliphatic carbocycles. The topological polar surface area (TPSA) is 71.6 Å². The summed E-state index contributed by atoms with van der Waals surface area (Å²) < 4.78 is 7.33. The maximum absolute atomic E-state index is 11.6. The first-order chi connectivity index (χ1) is 11.8. The van der Waals surface area contributed by atoms with Crippen molar-refractivity contribution >= 4 is 12.2 Å². The van der Waals surface area contributed by atoms with E-state index in [4.69, 9.17) is 4.74 Å². The molecule has 0 aliphatic heterocycles. The number of rotatable bonds is 12. The molecule has 0 atom stereocenters. The Morgan fingerprint density at radius 3 is 2.92 bits per heavy atom. The smallest absolute Gasteiger partial charge is 0.407 e. The highest BCUT2D eigenvalue weighted by molar-refractivity contribution is 5.66. The van der Waals surface area contributed by atoms with E-state index in [0.717, 1.165) is 38.5 Å². The average Bonchev–Trinajstić information content (AvgIpc) is 2.59. The van der Waals surface area contributed by atoms with E-state index in [1.807, 2.05) is 18.3 Å². The minimum absolute atomic E-state index is 0.362. The van der Waals surface area contributed by atoms with Gasteiger partial charge in [0.15, 0.2) is 25.0 Å². The van der Waals surface area contributed by atoms with Crippen LogP contribution in [-0.2, 0) is 22.5 Å². The fourth-order valence-corrected chi connectivity index (χ4v) is 2.41. The molecule has 0 saturated heterocycles. The zero-order valence-corrected chi connectivity index (χ0v) is 14.5. The van der Waals surface area contributed by atoms with E-state index in [1.54, 1.807) is 0 Å². The fourth-order valence-electron chi connectivity index (χ4n) is 2.41. The van der Waals surface area contributed by atoms with Gasteiger partial charge in [-0.1, -0.05) is 25.8 Å². The van der Waals surface area contributed by atoms with Crippen LogP contribution in [0.2, 0.25) is 0 Å². The Balaban J connectivity index is 2.09. The van der Waals surface area contributed by atoms with Gasteiger partial charge >= 0.3 is 6.09 Å². The Morgan fingerprint density at radius 1 is 1.29 bits per heavy atom. The number of aliphatic imine (C=N–C) groups is 1. The van der Waals surface area contributed by atoms with Gasteiger partial charge in [-0.15, -0.1) is 0 Å². The molecule has 0 saturated carbocycles. The number of unbranched alkanes of at least 4 members (excludes halogenated alkanes) is 3. The molecule has 0 radical (unpaired) electrons. The van der Waals surface area contributed by atoms with Crippen molar-refractivity contribution in [2.45, 2.75) is 52.0 Å². The predicted molar refractivity (Wildman–Crippen MR) is 91.4 cm³/mol. The lowest BCUT2D eigenvalue weighted by atomic mass is 10.2. The Bertz CT molecular complexity index is 528. The van der Waals surface area contributed by atoms with Crippen LogP contribution in [0.15, 0.2) is 29.4 Å². The number of hydrogen-bond donors (Lipinski definition) is 1. The maximum atomic E-state index is 11.6. The van der Waals surface area contributed by atoms with Gasteiger partial charge in [-0.3, -0.25) is 0 Å². The average molecular weight is 334 g/mol. The lowest BCUT2D eigenvalue weighted by molar-refractivity contribution is -0.705. The molecule has 132 valence electrons. The Labute approximate surface area is 143 Å². The van der Waals surface area contributed by atoms with Gasteiger partial charge in [-0.2, -0.15) is 4.57 Å². The summed E-state index contributed by atoms with van der Waals surface area (Å²) in [5, 5.41) is 2.75. The summed E-state index contributed by atoms with van der Waals surface area (Å²) in [6.45, 7) is 4.32. The monoisotopic (exact) mass is 334 g/mol. The normalized spacial score (nSPS) is 10.0. The number of alkyl carbamates (subject to hydrolysis) is 1. The third kappa shape index (κ3) is 9.06. The zero-order chi connectivity index (χ0) is 17.5. The van der Waals surface area contributed by atoms with E-state index < -0.39 is 0 Å². The molecule has 24 heavy (non-hydrogen) atoms. The van der Waals surface area contributed by atoms with Gasteiger partial charge in [0.2, 0.25) is 6.08 Å². The van der Waals surface area contributed by atoms with Crippen LogP contribution in [0.1, 0.15) is 44.7 Å². The molecule has 1 aromatic rings. The van der Waals surface area contributed by atoms with Gasteiger partial charge in [-0.25, -0.2) is 14.6 Å². The molecule has 0 bridgehead atoms. The predicted octanol–water partition coefficient (Wildman–Crippen LogP) is 2.55. The number of aryl methyl sites for hydroxylation is 1. The van der Waals surface area contributed by atoms with Crippen LogP contribution in [0.3, 0.4) is 0 Å². The van der Waals surface area contributed by atoms with Crippen molar-refractivity contribution in [2.24, 2.45) is 4.99 Å². The number of amides is 1. The number of carbonyl (C=O) groups excluding carboxylic acids is 2. The van der Waals surface area contributed by atoms with E-state index in [1.165, 1.54) is 11.8 Å². The van der Waals surface area contributed by atoms with E-state index in [-0.39, 0.29) is 6.09 Å². The van der Waals surface area contributed by atoms with Crippen molar-refractivity contribution < 1.29 is 18.9 Å². The molecule has 0 aromatic carbocycles. The van der Waals surface area contributed by atoms with Crippen molar-refractivity contribution in [3.63, 3.8) is 0 Å². The number of hydrogen-bond acceptors (Lipinski definition) is 4. The summed E-state index contributed by atoms with van der Waals surface area (Å²) in [6.07, 6.45) is 9.05. The second-order valence-corrected chi connectivity index (χ2v) is 5.59. The number of nitrogens with one attached hydrogen (secondary N) is 1. The lowest BCUT2D eigenvalue weighted by Crippen LogP contribution is -2.41. The standard InChI is InChI=1S/C18H27N3O3/c1-2-9-17-10-5-8-13-21(17)14-15-24-18(23)20-12-7-4-3-6-11-19-16-22/h5,8,10,13H,2-4,6-7,9,11-12,14-15H2,1H3/p+1.